The van der Waals surface area contributed by atoms with Crippen LogP contribution >= 0.6 is 11.6 Å². The fourth-order valence-electron chi connectivity index (χ4n) is 5.54. The number of ether oxygens (including phenoxy) is 1. The third-order valence-electron chi connectivity index (χ3n) is 8.27. The van der Waals surface area contributed by atoms with E-state index in [0.29, 0.717) is 10.8 Å². The Bertz CT molecular complexity index is 1540. The van der Waals surface area contributed by atoms with Crippen molar-refractivity contribution in [2.75, 3.05) is 31.5 Å². The van der Waals surface area contributed by atoms with Gasteiger partial charge in [-0.3, -0.25) is 14.8 Å². The van der Waals surface area contributed by atoms with E-state index in [1.54, 1.807) is 12.4 Å². The summed E-state index contributed by atoms with van der Waals surface area (Å²) in [4.78, 5) is 14.2. The number of rotatable bonds is 13. The molecule has 0 saturated heterocycles. The standard InChI is InChI=1S/C35H42ClFN6O/c1-5-41(6-2)19-26-21-43(22-27(26)20-42(7-3)8-4)30-13-14-33-31(18-30)35(39-24-38-33)40-29-12-15-34(32(36)17-29)44-23-25-10-9-11-28(37)16-25/h9-13,15-18,21-22,24,33H,5-8,14,19-20,23H2,1-4H3,(H,38,39,40). The van der Waals surface area contributed by atoms with Gasteiger partial charge in [0, 0.05) is 42.4 Å². The number of anilines is 1. The SMILES string of the molecule is CCN(CC)Cc1cn(C2=CCC3N=CN=C(Nc4ccc(OCc5cccc(F)c5)c(Cl)c4)C3=C2)cc1CN(CC)CC. The van der Waals surface area contributed by atoms with E-state index in [-0.39, 0.29) is 18.5 Å². The molecule has 0 fully saturated rings. The third-order valence-corrected chi connectivity index (χ3v) is 8.57. The van der Waals surface area contributed by atoms with E-state index in [1.807, 2.05) is 24.3 Å². The van der Waals surface area contributed by atoms with Crippen LogP contribution in [0.5, 0.6) is 5.75 Å². The predicted octanol–water partition coefficient (Wildman–Crippen LogP) is 7.64. The van der Waals surface area contributed by atoms with Gasteiger partial charge in [0.25, 0.3) is 0 Å². The van der Waals surface area contributed by atoms with Crippen molar-refractivity contribution in [2.24, 2.45) is 9.98 Å². The quantitative estimate of drug-likeness (QED) is 0.214. The number of amidine groups is 1. The minimum Gasteiger partial charge on any atom is -0.487 e. The van der Waals surface area contributed by atoms with E-state index < -0.39 is 0 Å². The van der Waals surface area contributed by atoms with Crippen molar-refractivity contribution in [1.82, 2.24) is 14.4 Å². The molecule has 9 heteroatoms. The van der Waals surface area contributed by atoms with Gasteiger partial charge in [-0.15, -0.1) is 0 Å². The Hall–Kier alpha value is -3.72. The zero-order valence-corrected chi connectivity index (χ0v) is 26.8. The molecule has 44 heavy (non-hydrogen) atoms. The van der Waals surface area contributed by atoms with Gasteiger partial charge >= 0.3 is 0 Å². The zero-order chi connectivity index (χ0) is 31.1. The van der Waals surface area contributed by atoms with Gasteiger partial charge in [0.15, 0.2) is 0 Å². The molecule has 1 unspecified atom stereocenters. The molecule has 7 nitrogen and oxygen atoms in total. The van der Waals surface area contributed by atoms with Gasteiger partial charge in [-0.25, -0.2) is 9.38 Å². The number of benzene rings is 2. The van der Waals surface area contributed by atoms with Gasteiger partial charge in [-0.2, -0.15) is 0 Å². The fourth-order valence-corrected chi connectivity index (χ4v) is 5.78. The topological polar surface area (TPSA) is 57.4 Å². The number of aromatic nitrogens is 1. The Kier molecular flexibility index (Phi) is 10.7. The Morgan fingerprint density at radius 3 is 2.32 bits per heavy atom. The Morgan fingerprint density at radius 2 is 1.68 bits per heavy atom. The molecular weight excluding hydrogens is 575 g/mol. The van der Waals surface area contributed by atoms with E-state index in [1.165, 1.54) is 23.3 Å². The molecule has 1 N–H and O–H groups in total. The molecule has 0 spiro atoms. The molecule has 2 heterocycles. The van der Waals surface area contributed by atoms with Gasteiger partial charge < -0.3 is 14.6 Å². The highest BCUT2D eigenvalue weighted by atomic mass is 35.5. The number of nitrogens with zero attached hydrogens (tertiary/aromatic N) is 5. The molecule has 3 aromatic rings. The van der Waals surface area contributed by atoms with Crippen molar-refractivity contribution >= 4 is 35.2 Å². The van der Waals surface area contributed by atoms with Crippen molar-refractivity contribution in [3.05, 3.63) is 100 Å². The van der Waals surface area contributed by atoms with Crippen LogP contribution in [0.3, 0.4) is 0 Å². The minimum absolute atomic E-state index is 0.00366. The number of allylic oxidation sites excluding steroid dienone is 2. The lowest BCUT2D eigenvalue weighted by molar-refractivity contribution is 0.281. The van der Waals surface area contributed by atoms with Crippen LogP contribution in [0.15, 0.2) is 82.6 Å². The fraction of sp³-hybridized carbons (Fsp3) is 0.371. The van der Waals surface area contributed by atoms with Gasteiger partial charge in [0.2, 0.25) is 0 Å². The van der Waals surface area contributed by atoms with Crippen LogP contribution in [0.4, 0.5) is 10.1 Å². The van der Waals surface area contributed by atoms with Crippen LogP contribution < -0.4 is 10.1 Å². The molecule has 1 aromatic heterocycles. The van der Waals surface area contributed by atoms with Crippen LogP contribution in [0.25, 0.3) is 5.70 Å². The second-order valence-electron chi connectivity index (χ2n) is 11.0. The van der Waals surface area contributed by atoms with Crippen molar-refractivity contribution in [3.63, 3.8) is 0 Å². The van der Waals surface area contributed by atoms with E-state index >= 15 is 0 Å². The first-order chi connectivity index (χ1) is 21.4. The molecule has 0 amide bonds. The molecule has 0 radical (unpaired) electrons. The lowest BCUT2D eigenvalue weighted by Gasteiger charge is -2.25. The van der Waals surface area contributed by atoms with Crippen LogP contribution in [-0.2, 0) is 19.7 Å². The van der Waals surface area contributed by atoms with Crippen molar-refractivity contribution in [1.29, 1.82) is 0 Å². The second kappa shape index (κ2) is 14.8. The maximum absolute atomic E-state index is 13.5. The second-order valence-corrected chi connectivity index (χ2v) is 11.5. The molecule has 0 bridgehead atoms. The first-order valence-electron chi connectivity index (χ1n) is 15.5. The summed E-state index contributed by atoms with van der Waals surface area (Å²) < 4.78 is 21.6. The number of aliphatic imine (C=N–C) groups is 2. The Labute approximate surface area is 265 Å². The molecule has 0 saturated carbocycles. The van der Waals surface area contributed by atoms with E-state index in [9.17, 15) is 4.39 Å². The summed E-state index contributed by atoms with van der Waals surface area (Å²) >= 11 is 6.58. The number of hydrogen-bond acceptors (Lipinski definition) is 6. The number of hydrogen-bond donors (Lipinski definition) is 1. The van der Waals surface area contributed by atoms with Crippen molar-refractivity contribution in [3.8, 4) is 5.75 Å². The molecule has 5 rings (SSSR count). The minimum atomic E-state index is -0.293. The van der Waals surface area contributed by atoms with Gasteiger partial charge in [-0.1, -0.05) is 57.5 Å². The maximum Gasteiger partial charge on any atom is 0.138 e. The largest absolute Gasteiger partial charge is 0.487 e. The summed E-state index contributed by atoms with van der Waals surface area (Å²) in [5, 5.41) is 3.91. The van der Waals surface area contributed by atoms with Crippen molar-refractivity contribution in [2.45, 2.75) is 59.9 Å². The summed E-state index contributed by atoms with van der Waals surface area (Å²) in [5.41, 5.74) is 6.42. The summed E-state index contributed by atoms with van der Waals surface area (Å²) in [5.74, 6) is 0.986. The van der Waals surface area contributed by atoms with Crippen molar-refractivity contribution < 1.29 is 9.13 Å². The molecule has 2 aliphatic rings. The van der Waals surface area contributed by atoms with Crippen LogP contribution in [-0.4, -0.2) is 58.8 Å². The normalized spacial score (nSPS) is 16.1. The van der Waals surface area contributed by atoms with Gasteiger partial charge in [0.1, 0.15) is 30.3 Å². The first-order valence-corrected chi connectivity index (χ1v) is 15.9. The average molecular weight is 617 g/mol. The third kappa shape index (κ3) is 7.67. The average Bonchev–Trinajstić information content (AvgIpc) is 3.44. The van der Waals surface area contributed by atoms with E-state index in [0.717, 1.165) is 74.0 Å². The first kappa shape index (κ1) is 31.7. The van der Waals surface area contributed by atoms with Gasteiger partial charge in [0.05, 0.1) is 11.1 Å². The zero-order valence-electron chi connectivity index (χ0n) is 26.1. The summed E-state index contributed by atoms with van der Waals surface area (Å²) in [6.07, 6.45) is 11.5. The van der Waals surface area contributed by atoms with E-state index in [2.05, 4.69) is 81.9 Å². The Balaban J connectivity index is 1.34. The molecule has 1 aliphatic heterocycles. The predicted molar refractivity (Wildman–Crippen MR) is 180 cm³/mol. The summed E-state index contributed by atoms with van der Waals surface area (Å²) in [6.45, 7) is 15.1. The van der Waals surface area contributed by atoms with Crippen LogP contribution in [0.1, 0.15) is 50.8 Å². The number of halogens is 2. The molecule has 1 aliphatic carbocycles. The monoisotopic (exact) mass is 616 g/mol. The lowest BCUT2D eigenvalue weighted by Crippen LogP contribution is -2.28. The molecular formula is C35H42ClFN6O. The van der Waals surface area contributed by atoms with Gasteiger partial charge in [-0.05, 0) is 85.7 Å². The summed E-state index contributed by atoms with van der Waals surface area (Å²) in [6, 6.07) is 11.9. The van der Waals surface area contributed by atoms with Crippen LogP contribution in [0.2, 0.25) is 5.02 Å². The highest BCUT2D eigenvalue weighted by Gasteiger charge is 2.25. The molecule has 2 aromatic carbocycles. The molecule has 232 valence electrons. The van der Waals surface area contributed by atoms with Crippen LogP contribution in [0, 0.1) is 5.82 Å². The number of nitrogens with one attached hydrogen (secondary N) is 1. The smallest absolute Gasteiger partial charge is 0.138 e. The highest BCUT2D eigenvalue weighted by Crippen LogP contribution is 2.32. The highest BCUT2D eigenvalue weighted by molar-refractivity contribution is 6.32. The molecule has 1 atom stereocenters. The summed E-state index contributed by atoms with van der Waals surface area (Å²) in [7, 11) is 0. The van der Waals surface area contributed by atoms with E-state index in [4.69, 9.17) is 16.3 Å². The lowest BCUT2D eigenvalue weighted by atomic mass is 9.95. The maximum atomic E-state index is 13.5. The Morgan fingerprint density at radius 1 is 0.977 bits per heavy atom. The number of fused-ring (bicyclic) bond motifs is 1.